The van der Waals surface area contributed by atoms with E-state index < -0.39 is 23.2 Å². The first kappa shape index (κ1) is 30.3. The van der Waals surface area contributed by atoms with Crippen molar-refractivity contribution in [2.75, 3.05) is 0 Å². The van der Waals surface area contributed by atoms with Crippen LogP contribution in [0, 0.1) is 0 Å². The van der Waals surface area contributed by atoms with E-state index in [2.05, 4.69) is 158 Å². The van der Waals surface area contributed by atoms with Gasteiger partial charge in [-0.15, -0.1) is 0 Å². The molecule has 0 spiro atoms. The summed E-state index contributed by atoms with van der Waals surface area (Å²) in [5.41, 5.74) is 15.5. The van der Waals surface area contributed by atoms with Crippen molar-refractivity contribution in [3.63, 3.8) is 0 Å². The fraction of sp³-hybridized carbons (Fsp3) is 0.0417. The van der Waals surface area contributed by atoms with E-state index in [9.17, 15) is 0 Å². The summed E-state index contributed by atoms with van der Waals surface area (Å²) in [5.74, 6) is 0. The van der Waals surface area contributed by atoms with Crippen LogP contribution in [0.5, 0.6) is 0 Å². The van der Waals surface area contributed by atoms with Crippen molar-refractivity contribution >= 4 is 44.8 Å². The van der Waals surface area contributed by atoms with Gasteiger partial charge < -0.3 is 0 Å². The minimum absolute atomic E-state index is 0.325. The summed E-state index contributed by atoms with van der Waals surface area (Å²) in [5, 5.41) is 5.06. The van der Waals surface area contributed by atoms with E-state index in [0.717, 1.165) is 11.4 Å². The molecule has 2 atom stereocenters. The minimum atomic E-state index is -1.32. The molecule has 0 N–H and O–H groups in total. The van der Waals surface area contributed by atoms with E-state index in [-0.39, 0.29) is 0 Å². The summed E-state index contributed by atoms with van der Waals surface area (Å²) >= 11 is -1.32. The van der Waals surface area contributed by atoms with Crippen LogP contribution in [0.1, 0.15) is 40.9 Å². The molecular formula is C48H32N2Zr. The Bertz CT molecular complexity index is 2490. The number of rotatable bonds is 6. The van der Waals surface area contributed by atoms with Gasteiger partial charge in [-0.05, 0) is 0 Å². The van der Waals surface area contributed by atoms with Crippen LogP contribution in [-0.2, 0) is 23.2 Å². The Hall–Kier alpha value is -5.50. The van der Waals surface area contributed by atoms with E-state index in [1.54, 1.807) is 0 Å². The molecule has 2 nitrogen and oxygen atoms in total. The predicted molar refractivity (Wildman–Crippen MR) is 208 cm³/mol. The molecule has 0 amide bonds. The molecule has 3 heteroatoms. The molecule has 0 saturated carbocycles. The van der Waals surface area contributed by atoms with Crippen LogP contribution in [-0.4, -0.2) is 9.97 Å². The summed E-state index contributed by atoms with van der Waals surface area (Å²) in [6, 6.07) is 57.6. The van der Waals surface area contributed by atoms with E-state index >= 15 is 0 Å². The number of allylic oxidation sites excluding steroid dienone is 2. The number of hydrogen-bond acceptors (Lipinski definition) is 2. The van der Waals surface area contributed by atoms with E-state index in [1.807, 2.05) is 24.5 Å². The molecule has 2 unspecified atom stereocenters. The third-order valence-electron chi connectivity index (χ3n) is 10.5. The fourth-order valence-electron chi connectivity index (χ4n) is 8.06. The molecule has 238 valence electrons. The van der Waals surface area contributed by atoms with Crippen LogP contribution < -0.4 is 0 Å². The summed E-state index contributed by atoms with van der Waals surface area (Å²) in [6.45, 7) is 0. The van der Waals surface area contributed by atoms with Crippen LogP contribution in [0.4, 0.5) is 0 Å². The van der Waals surface area contributed by atoms with Gasteiger partial charge in [0.15, 0.2) is 0 Å². The second-order valence-corrected chi connectivity index (χ2v) is 17.1. The van der Waals surface area contributed by atoms with Gasteiger partial charge in [-0.2, -0.15) is 0 Å². The first-order chi connectivity index (χ1) is 25.3. The van der Waals surface area contributed by atoms with Crippen LogP contribution >= 0.6 is 0 Å². The molecule has 0 fully saturated rings. The van der Waals surface area contributed by atoms with E-state index in [0.29, 0.717) is 7.25 Å². The van der Waals surface area contributed by atoms with Crippen molar-refractivity contribution in [1.29, 1.82) is 0 Å². The van der Waals surface area contributed by atoms with Crippen molar-refractivity contribution in [2.24, 2.45) is 0 Å². The molecule has 51 heavy (non-hydrogen) atoms. The molecule has 8 aromatic rings. The Labute approximate surface area is 309 Å². The summed E-state index contributed by atoms with van der Waals surface area (Å²) in [4.78, 5) is 9.89. The molecule has 6 aromatic carbocycles. The first-order valence-electron chi connectivity index (χ1n) is 17.5. The maximum atomic E-state index is 4.94. The van der Waals surface area contributed by atoms with Gasteiger partial charge in [0.05, 0.1) is 0 Å². The second-order valence-electron chi connectivity index (χ2n) is 13.4. The fourth-order valence-corrected chi connectivity index (χ4v) is 13.0. The van der Waals surface area contributed by atoms with Crippen LogP contribution in [0.15, 0.2) is 170 Å². The second kappa shape index (κ2) is 12.7. The van der Waals surface area contributed by atoms with E-state index in [4.69, 9.17) is 9.97 Å². The number of fused-ring (bicyclic) bond motifs is 4. The molecule has 2 aliphatic carbocycles. The molecule has 2 aromatic heterocycles. The average Bonchev–Trinajstić information content (AvgIpc) is 3.77. The van der Waals surface area contributed by atoms with Crippen molar-refractivity contribution < 1.29 is 23.2 Å². The number of aromatic nitrogens is 2. The van der Waals surface area contributed by atoms with Gasteiger partial charge in [-0.3, -0.25) is 0 Å². The van der Waals surface area contributed by atoms with Gasteiger partial charge in [0.2, 0.25) is 0 Å². The zero-order valence-corrected chi connectivity index (χ0v) is 30.3. The monoisotopic (exact) mass is 726 g/mol. The van der Waals surface area contributed by atoms with Gasteiger partial charge in [0, 0.05) is 0 Å². The summed E-state index contributed by atoms with van der Waals surface area (Å²) in [6.07, 6.45) is 8.79. The number of nitrogens with zero attached hydrogens (tertiary/aromatic N) is 2. The molecule has 2 heterocycles. The van der Waals surface area contributed by atoms with Gasteiger partial charge in [-0.1, -0.05) is 0 Å². The topological polar surface area (TPSA) is 25.8 Å². The van der Waals surface area contributed by atoms with Crippen molar-refractivity contribution in [2.45, 2.75) is 7.25 Å². The quantitative estimate of drug-likeness (QED) is 0.170. The van der Waals surface area contributed by atoms with Gasteiger partial charge in [0.1, 0.15) is 0 Å². The summed E-state index contributed by atoms with van der Waals surface area (Å²) in [7, 11) is 0. The molecule has 0 aliphatic heterocycles. The molecule has 0 saturated heterocycles. The Morgan fingerprint density at radius 3 is 1.29 bits per heavy atom. The number of hydrogen-bond donors (Lipinski definition) is 0. The van der Waals surface area contributed by atoms with Gasteiger partial charge in [-0.25, -0.2) is 0 Å². The molecule has 0 radical (unpaired) electrons. The third-order valence-corrected chi connectivity index (χ3v) is 15.2. The average molecular weight is 728 g/mol. The molecule has 2 aliphatic rings. The Kier molecular flexibility index (Phi) is 7.54. The SMILES string of the molecule is C1=C(c2ccccn2)[CH]([Zr][CH]2C(c3ccccn3)=Cc3c(-c4ccc5ccccc5c4)cccc32)c2cccc(-c3ccc4ccccc4c3)c21. The van der Waals surface area contributed by atoms with E-state index in [1.165, 1.54) is 77.2 Å². The number of pyridine rings is 2. The maximum absolute atomic E-state index is 4.94. The van der Waals surface area contributed by atoms with Crippen LogP contribution in [0.3, 0.4) is 0 Å². The zero-order valence-electron chi connectivity index (χ0n) is 27.9. The Morgan fingerprint density at radius 2 is 0.843 bits per heavy atom. The third kappa shape index (κ3) is 5.36. The molecular weight excluding hydrogens is 696 g/mol. The Morgan fingerprint density at radius 1 is 0.392 bits per heavy atom. The molecule has 0 bridgehead atoms. The summed E-state index contributed by atoms with van der Waals surface area (Å²) < 4.78 is 0.651. The predicted octanol–water partition coefficient (Wildman–Crippen LogP) is 12.1. The molecule has 10 rings (SSSR count). The van der Waals surface area contributed by atoms with Crippen molar-refractivity contribution in [1.82, 2.24) is 9.97 Å². The van der Waals surface area contributed by atoms with Gasteiger partial charge in [0.25, 0.3) is 0 Å². The number of benzene rings is 6. The standard InChI is InChI=1S/2C24H16N.Zr/c2*1-2-7-18-14-20(12-11-17(18)6-1)22-9-5-8-19-15-21(16-23(19)22)24-10-3-4-13-25-24;/h2*1-16H;. The van der Waals surface area contributed by atoms with Crippen molar-refractivity contribution in [3.05, 3.63) is 204 Å². The van der Waals surface area contributed by atoms with Crippen LogP contribution in [0.25, 0.3) is 67.1 Å². The Balaban J connectivity index is 1.12. The van der Waals surface area contributed by atoms with Crippen molar-refractivity contribution in [3.8, 4) is 22.3 Å². The normalized spacial score (nSPS) is 16.1. The zero-order chi connectivity index (χ0) is 33.7. The van der Waals surface area contributed by atoms with Crippen LogP contribution in [0.2, 0.25) is 0 Å². The first-order valence-corrected chi connectivity index (χ1v) is 20.4. The van der Waals surface area contributed by atoms with Gasteiger partial charge >= 0.3 is 311 Å².